The number of phenolic OH excluding ortho intramolecular Hbond substituents is 1. The minimum Gasteiger partial charge on any atom is -0.505 e. The highest BCUT2D eigenvalue weighted by Gasteiger charge is 2.26. The largest absolute Gasteiger partial charge is 0.505 e. The van der Waals surface area contributed by atoms with Gasteiger partial charge in [-0.05, 0) is 57.7 Å². The lowest BCUT2D eigenvalue weighted by molar-refractivity contribution is -0.156. The summed E-state index contributed by atoms with van der Waals surface area (Å²) >= 11 is 1.04. The molecular weight excluding hydrogens is 600 g/mol. The number of anilines is 2. The zero-order valence-corrected chi connectivity index (χ0v) is 25.4. The Morgan fingerprint density at radius 2 is 1.71 bits per heavy atom. The van der Waals surface area contributed by atoms with Gasteiger partial charge in [-0.1, -0.05) is 61.2 Å². The van der Waals surface area contributed by atoms with Crippen molar-refractivity contribution in [3.63, 3.8) is 0 Å². The number of nitrogens with one attached hydrogen (secondary N) is 3. The van der Waals surface area contributed by atoms with Gasteiger partial charge in [0, 0.05) is 18.1 Å². The van der Waals surface area contributed by atoms with Crippen LogP contribution in [0.15, 0.2) is 60.8 Å². The number of phenols is 1. The van der Waals surface area contributed by atoms with Crippen molar-refractivity contribution in [3.05, 3.63) is 71.9 Å². The van der Waals surface area contributed by atoms with Gasteiger partial charge in [0.25, 0.3) is 5.91 Å². The topological polar surface area (TPSA) is 196 Å². The molecule has 0 aliphatic rings. The minimum absolute atomic E-state index is 0. The Labute approximate surface area is 265 Å². The Kier molecular flexibility index (Phi) is 13.6. The third-order valence-electron chi connectivity index (χ3n) is 6.03. The van der Waals surface area contributed by atoms with Crippen LogP contribution in [0.5, 0.6) is 5.75 Å². The van der Waals surface area contributed by atoms with Crippen molar-refractivity contribution in [2.75, 3.05) is 17.2 Å². The Morgan fingerprint density at radius 1 is 0.978 bits per heavy atom. The number of nitrogens with zero attached hydrogens (tertiary/aromatic N) is 3. The Bertz CT molecular complexity index is 1560. The van der Waals surface area contributed by atoms with E-state index in [9.17, 15) is 19.5 Å². The van der Waals surface area contributed by atoms with Gasteiger partial charge >= 0.3 is 12.1 Å². The van der Waals surface area contributed by atoms with E-state index < -0.39 is 29.6 Å². The summed E-state index contributed by atoms with van der Waals surface area (Å²) in [5, 5.41) is 28.2. The highest BCUT2D eigenvalue weighted by Crippen LogP contribution is 2.29. The molecule has 13 nitrogen and oxygen atoms in total. The summed E-state index contributed by atoms with van der Waals surface area (Å²) in [5.74, 6) is -1.27. The first-order valence-corrected chi connectivity index (χ1v) is 14.6. The van der Waals surface area contributed by atoms with Crippen LogP contribution in [0.2, 0.25) is 0 Å². The van der Waals surface area contributed by atoms with E-state index in [2.05, 4.69) is 31.1 Å². The maximum Gasteiger partial charge on any atom is 0.407 e. The number of carbonyl (C=O) groups is 3. The number of hydrogen-bond acceptors (Lipinski definition) is 11. The predicted octanol–water partition coefficient (Wildman–Crippen LogP) is 5.07. The first kappa shape index (κ1) is 36.4. The molecule has 2 aromatic heterocycles. The Hall–Kier alpha value is -4.82. The molecule has 0 fully saturated rings. The molecule has 0 saturated heterocycles. The summed E-state index contributed by atoms with van der Waals surface area (Å²) in [6.07, 6.45) is 2.61. The molecule has 14 heteroatoms. The molecule has 2 heterocycles. The number of fused-ring (bicyclic) bond motifs is 1. The second-order valence-corrected chi connectivity index (χ2v) is 11.6. The maximum atomic E-state index is 12.9. The number of aromatic nitrogens is 3. The number of alkyl carbamates (subject to hydrolysis) is 1. The molecule has 0 spiro atoms. The Balaban J connectivity index is 0.00000353. The quantitative estimate of drug-likeness (QED) is 0.120. The molecule has 0 radical (unpaired) electrons. The summed E-state index contributed by atoms with van der Waals surface area (Å²) < 4.78 is 10.8. The molecule has 0 aliphatic carbocycles. The number of ether oxygens (including phenoxy) is 2. The fourth-order valence-corrected chi connectivity index (χ4v) is 4.71. The summed E-state index contributed by atoms with van der Waals surface area (Å²) in [6, 6.07) is 15.4. The van der Waals surface area contributed by atoms with Crippen LogP contribution in [0.25, 0.3) is 10.9 Å². The number of rotatable bonds is 12. The van der Waals surface area contributed by atoms with Crippen molar-refractivity contribution in [2.45, 2.75) is 65.7 Å². The van der Waals surface area contributed by atoms with Gasteiger partial charge in [0.2, 0.25) is 10.3 Å². The normalized spacial score (nSPS) is 11.4. The summed E-state index contributed by atoms with van der Waals surface area (Å²) in [4.78, 5) is 41.9. The van der Waals surface area contributed by atoms with Gasteiger partial charge in [0.05, 0.1) is 5.56 Å². The number of carbonyl (C=O) groups excluding carboxylic acids is 3. The van der Waals surface area contributed by atoms with Gasteiger partial charge in [-0.25, -0.2) is 9.59 Å². The number of unbranched alkanes of at least 4 members (excludes halogenated alkanes) is 1. The number of esters is 1. The Morgan fingerprint density at radius 3 is 2.44 bits per heavy atom. The monoisotopic (exact) mass is 640 g/mol. The van der Waals surface area contributed by atoms with Gasteiger partial charge in [0.15, 0.2) is 5.75 Å². The van der Waals surface area contributed by atoms with E-state index in [-0.39, 0.29) is 36.0 Å². The first-order valence-electron chi connectivity index (χ1n) is 13.7. The van der Waals surface area contributed by atoms with Gasteiger partial charge in [-0.15, -0.1) is 10.2 Å². The standard InChI is InChI=1S/C30H34N6O6S.CH4.H2O/c1-30(2,3)42-26(39)22(13-7-8-16-32-29(40)41-18-19-10-5-4-6-11-19)33-27-35-36-28(43-27)34-25(38)21-15-14-20-12-9-17-31-23(20)24(21)37;;/h4-6,9-12,14-15,17,22,37H,7-8,13,16,18H2,1-3H3,(H,32,40)(H,33,35)(H,34,36,38);1H4;1H2/t22-;;/m0../s1. The first-order chi connectivity index (χ1) is 20.6. The van der Waals surface area contributed by atoms with E-state index in [0.717, 1.165) is 16.9 Å². The lowest BCUT2D eigenvalue weighted by atomic mass is 10.1. The van der Waals surface area contributed by atoms with E-state index in [1.807, 2.05) is 30.3 Å². The lowest BCUT2D eigenvalue weighted by Gasteiger charge is -2.24. The number of amides is 2. The number of aromatic hydroxyl groups is 1. The van der Waals surface area contributed by atoms with Crippen LogP contribution in [0.4, 0.5) is 15.1 Å². The van der Waals surface area contributed by atoms with E-state index in [4.69, 9.17) is 9.47 Å². The predicted molar refractivity (Wildman–Crippen MR) is 173 cm³/mol. The molecule has 4 aromatic rings. The van der Waals surface area contributed by atoms with Crippen LogP contribution in [-0.4, -0.2) is 61.9 Å². The molecule has 242 valence electrons. The van der Waals surface area contributed by atoms with Crippen molar-refractivity contribution in [3.8, 4) is 5.75 Å². The molecule has 4 rings (SSSR count). The second kappa shape index (κ2) is 16.9. The molecule has 1 atom stereocenters. The molecule has 0 bridgehead atoms. The highest BCUT2D eigenvalue weighted by atomic mass is 32.1. The molecular formula is C31H40N6O7S. The smallest absolute Gasteiger partial charge is 0.407 e. The molecule has 0 aliphatic heterocycles. The van der Waals surface area contributed by atoms with Gasteiger partial charge < -0.3 is 30.7 Å². The van der Waals surface area contributed by atoms with Crippen LogP contribution >= 0.6 is 11.3 Å². The molecule has 2 aromatic carbocycles. The van der Waals surface area contributed by atoms with Crippen molar-refractivity contribution in [1.82, 2.24) is 20.5 Å². The van der Waals surface area contributed by atoms with Gasteiger partial charge in [-0.2, -0.15) is 0 Å². The molecule has 0 unspecified atom stereocenters. The zero-order valence-electron chi connectivity index (χ0n) is 24.6. The highest BCUT2D eigenvalue weighted by molar-refractivity contribution is 7.19. The SMILES string of the molecule is C.CC(C)(C)OC(=O)[C@H](CCCCNC(=O)OCc1ccccc1)Nc1nnc(NC(=O)c2ccc3cccnc3c2O)s1.O. The van der Waals surface area contributed by atoms with Gasteiger partial charge in [0.1, 0.15) is 23.8 Å². The lowest BCUT2D eigenvalue weighted by Crippen LogP contribution is -2.36. The van der Waals surface area contributed by atoms with Crippen molar-refractivity contribution >= 4 is 50.5 Å². The van der Waals surface area contributed by atoms with Crippen molar-refractivity contribution < 1.29 is 34.4 Å². The third kappa shape index (κ3) is 11.0. The molecule has 2 amide bonds. The molecule has 0 saturated carbocycles. The van der Waals surface area contributed by atoms with Gasteiger partial charge in [-0.3, -0.25) is 15.1 Å². The summed E-state index contributed by atoms with van der Waals surface area (Å²) in [5.41, 5.74) is 0.555. The van der Waals surface area contributed by atoms with Crippen molar-refractivity contribution in [1.29, 1.82) is 0 Å². The van der Waals surface area contributed by atoms with Crippen LogP contribution in [-0.2, 0) is 20.9 Å². The van der Waals surface area contributed by atoms with Crippen LogP contribution < -0.4 is 16.0 Å². The minimum atomic E-state index is -0.739. The maximum absolute atomic E-state index is 12.9. The van der Waals surface area contributed by atoms with E-state index in [0.29, 0.717) is 41.8 Å². The molecule has 6 N–H and O–H groups in total. The van der Waals surface area contributed by atoms with Crippen LogP contribution in [0.3, 0.4) is 0 Å². The summed E-state index contributed by atoms with van der Waals surface area (Å²) in [7, 11) is 0. The molecule has 45 heavy (non-hydrogen) atoms. The number of pyridine rings is 1. The second-order valence-electron chi connectivity index (χ2n) is 10.6. The number of hydrogen-bond donors (Lipinski definition) is 4. The fraction of sp³-hybridized carbons (Fsp3) is 0.355. The van der Waals surface area contributed by atoms with E-state index in [1.54, 1.807) is 39.0 Å². The van der Waals surface area contributed by atoms with Crippen molar-refractivity contribution in [2.24, 2.45) is 0 Å². The zero-order chi connectivity index (χ0) is 30.8. The third-order valence-corrected chi connectivity index (χ3v) is 6.80. The fourth-order valence-electron chi connectivity index (χ4n) is 4.02. The average molecular weight is 641 g/mol. The van der Waals surface area contributed by atoms with E-state index >= 15 is 0 Å². The number of benzene rings is 2. The van der Waals surface area contributed by atoms with Crippen LogP contribution in [0.1, 0.15) is 63.4 Å². The average Bonchev–Trinajstić information content (AvgIpc) is 3.41. The van der Waals surface area contributed by atoms with E-state index in [1.165, 1.54) is 12.3 Å². The summed E-state index contributed by atoms with van der Waals surface area (Å²) in [6.45, 7) is 5.90. The van der Waals surface area contributed by atoms with Crippen LogP contribution in [0, 0.1) is 0 Å².